The Kier molecular flexibility index (Phi) is 4.36. The Hall–Kier alpha value is -2.53. The van der Waals surface area contributed by atoms with Crippen LogP contribution >= 0.6 is 0 Å². The summed E-state index contributed by atoms with van der Waals surface area (Å²) >= 11 is 0. The molecule has 1 heterocycles. The topological polar surface area (TPSA) is 77.8 Å². The van der Waals surface area contributed by atoms with E-state index < -0.39 is 0 Å². The second kappa shape index (κ2) is 6.05. The van der Waals surface area contributed by atoms with E-state index in [-0.39, 0.29) is 19.0 Å². The number of aromatic nitrogens is 1. The van der Waals surface area contributed by atoms with Crippen LogP contribution in [0, 0.1) is 23.7 Å². The molecule has 1 amide bonds. The fraction of sp³-hybridized carbons (Fsp3) is 0.182. The maximum Gasteiger partial charge on any atom is 0.240 e. The summed E-state index contributed by atoms with van der Waals surface area (Å²) in [5.41, 5.74) is 1.01. The van der Waals surface area contributed by atoms with Gasteiger partial charge in [-0.1, -0.05) is 5.92 Å². The molecule has 1 rings (SSSR count). The molecule has 0 aromatic carbocycles. The number of rotatable bonds is 4. The molecule has 0 unspecified atom stereocenters. The van der Waals surface area contributed by atoms with Gasteiger partial charge < -0.3 is 10.6 Å². The summed E-state index contributed by atoms with van der Waals surface area (Å²) in [6.45, 7) is 0.335. The molecular weight excluding hydrogens is 204 g/mol. The van der Waals surface area contributed by atoms with Crippen molar-refractivity contribution in [2.45, 2.75) is 0 Å². The third-order valence-corrected chi connectivity index (χ3v) is 1.72. The molecule has 1 aromatic rings. The number of amides is 1. The van der Waals surface area contributed by atoms with Crippen LogP contribution < -0.4 is 10.6 Å². The minimum Gasteiger partial charge on any atom is -0.375 e. The van der Waals surface area contributed by atoms with Gasteiger partial charge in [0.15, 0.2) is 0 Å². The number of nitrogens with zero attached hydrogens (tertiary/aromatic N) is 2. The molecular formula is C11H10N4O. The molecule has 1 aromatic heterocycles. The molecule has 2 N–H and O–H groups in total. The highest BCUT2D eigenvalue weighted by atomic mass is 16.1. The molecule has 0 spiro atoms. The van der Waals surface area contributed by atoms with E-state index in [0.717, 1.165) is 0 Å². The number of carbonyl (C=O) groups excluding carboxylic acids is 1. The number of nitriles is 1. The molecule has 0 saturated carbocycles. The third-order valence-electron chi connectivity index (χ3n) is 1.72. The van der Waals surface area contributed by atoms with Crippen molar-refractivity contribution in [1.29, 1.82) is 5.26 Å². The number of hydrogen-bond donors (Lipinski definition) is 2. The van der Waals surface area contributed by atoms with E-state index in [4.69, 9.17) is 11.7 Å². The molecule has 80 valence electrons. The summed E-state index contributed by atoms with van der Waals surface area (Å²) in [6.07, 6.45) is 6.48. The molecule has 0 bridgehead atoms. The van der Waals surface area contributed by atoms with Gasteiger partial charge in [0.25, 0.3) is 0 Å². The summed E-state index contributed by atoms with van der Waals surface area (Å²) in [7, 11) is 0. The Bertz CT molecular complexity index is 439. The summed E-state index contributed by atoms with van der Waals surface area (Å²) in [6, 6.07) is 5.16. The molecule has 0 fully saturated rings. The van der Waals surface area contributed by atoms with Crippen molar-refractivity contribution in [2.24, 2.45) is 0 Å². The van der Waals surface area contributed by atoms with E-state index in [9.17, 15) is 4.79 Å². The normalized spacial score (nSPS) is 8.62. The Balaban J connectivity index is 2.40. The Morgan fingerprint density at radius 2 is 2.38 bits per heavy atom. The van der Waals surface area contributed by atoms with Gasteiger partial charge in [0, 0.05) is 0 Å². The summed E-state index contributed by atoms with van der Waals surface area (Å²) < 4.78 is 0. The van der Waals surface area contributed by atoms with Crippen LogP contribution in [0.3, 0.4) is 0 Å². The van der Waals surface area contributed by atoms with Gasteiger partial charge in [0.2, 0.25) is 5.91 Å². The van der Waals surface area contributed by atoms with Crippen LogP contribution in [0.15, 0.2) is 18.3 Å². The van der Waals surface area contributed by atoms with Crippen LogP contribution in [-0.4, -0.2) is 24.0 Å². The van der Waals surface area contributed by atoms with E-state index in [1.54, 1.807) is 12.1 Å². The maximum absolute atomic E-state index is 11.2. The number of carbonyl (C=O) groups is 1. The number of nitrogens with one attached hydrogen (secondary N) is 2. The molecule has 5 nitrogen and oxygen atoms in total. The van der Waals surface area contributed by atoms with E-state index in [0.29, 0.717) is 11.4 Å². The zero-order valence-electron chi connectivity index (χ0n) is 8.53. The van der Waals surface area contributed by atoms with Gasteiger partial charge in [0.05, 0.1) is 25.0 Å². The van der Waals surface area contributed by atoms with Crippen molar-refractivity contribution < 1.29 is 4.79 Å². The Morgan fingerprint density at radius 1 is 1.56 bits per heavy atom. The monoisotopic (exact) mass is 214 g/mol. The zero-order chi connectivity index (χ0) is 11.8. The van der Waals surface area contributed by atoms with Gasteiger partial charge in [-0.3, -0.25) is 4.79 Å². The maximum atomic E-state index is 11.2. The average molecular weight is 214 g/mol. The SMILES string of the molecule is C#CCNC(=O)CNc1ccc(C#N)nc1. The zero-order valence-corrected chi connectivity index (χ0v) is 8.53. The van der Waals surface area contributed by atoms with E-state index in [1.807, 2.05) is 6.07 Å². The third kappa shape index (κ3) is 3.69. The van der Waals surface area contributed by atoms with Crippen LogP contribution in [0.2, 0.25) is 0 Å². The minimum absolute atomic E-state index is 0.120. The second-order valence-electron chi connectivity index (χ2n) is 2.88. The number of anilines is 1. The predicted molar refractivity (Wildman–Crippen MR) is 59.3 cm³/mol. The highest BCUT2D eigenvalue weighted by molar-refractivity contribution is 5.80. The first-order chi connectivity index (χ1) is 7.76. The molecule has 0 aliphatic heterocycles. The van der Waals surface area contributed by atoms with Gasteiger partial charge in [-0.15, -0.1) is 6.42 Å². The average Bonchev–Trinajstić information content (AvgIpc) is 2.34. The minimum atomic E-state index is -0.192. The number of terminal acetylenes is 1. The van der Waals surface area contributed by atoms with E-state index >= 15 is 0 Å². The van der Waals surface area contributed by atoms with Crippen molar-refractivity contribution in [3.05, 3.63) is 24.0 Å². The standard InChI is InChI=1S/C11H10N4O/c1-2-5-13-11(16)8-15-10-4-3-9(6-12)14-7-10/h1,3-4,7,15H,5,8H2,(H,13,16). The second-order valence-corrected chi connectivity index (χ2v) is 2.88. The largest absolute Gasteiger partial charge is 0.375 e. The summed E-state index contributed by atoms with van der Waals surface area (Å²) in [4.78, 5) is 15.0. The van der Waals surface area contributed by atoms with E-state index in [1.165, 1.54) is 6.20 Å². The van der Waals surface area contributed by atoms with Crippen LogP contribution in [0.4, 0.5) is 5.69 Å². The van der Waals surface area contributed by atoms with Crippen LogP contribution in [0.5, 0.6) is 0 Å². The summed E-state index contributed by atoms with van der Waals surface area (Å²) in [5, 5.41) is 13.9. The molecule has 0 saturated heterocycles. The lowest BCUT2D eigenvalue weighted by Gasteiger charge is -2.05. The Labute approximate surface area is 93.5 Å². The lowest BCUT2D eigenvalue weighted by molar-refractivity contribution is -0.119. The molecule has 0 aliphatic carbocycles. The van der Waals surface area contributed by atoms with Gasteiger partial charge in [-0.05, 0) is 12.1 Å². The van der Waals surface area contributed by atoms with Gasteiger partial charge in [0.1, 0.15) is 11.8 Å². The molecule has 0 aliphatic rings. The lowest BCUT2D eigenvalue weighted by Crippen LogP contribution is -2.29. The quantitative estimate of drug-likeness (QED) is 0.697. The van der Waals surface area contributed by atoms with Crippen molar-refractivity contribution >= 4 is 11.6 Å². The van der Waals surface area contributed by atoms with Crippen molar-refractivity contribution in [2.75, 3.05) is 18.4 Å². The van der Waals surface area contributed by atoms with Crippen molar-refractivity contribution in [1.82, 2.24) is 10.3 Å². The van der Waals surface area contributed by atoms with Gasteiger partial charge in [-0.25, -0.2) is 4.98 Å². The van der Waals surface area contributed by atoms with Crippen LogP contribution in [-0.2, 0) is 4.79 Å². The smallest absolute Gasteiger partial charge is 0.240 e. The number of hydrogen-bond acceptors (Lipinski definition) is 4. The van der Waals surface area contributed by atoms with Crippen LogP contribution in [0.1, 0.15) is 5.69 Å². The molecule has 0 radical (unpaired) electrons. The first-order valence-corrected chi connectivity index (χ1v) is 4.56. The number of pyridine rings is 1. The van der Waals surface area contributed by atoms with Crippen LogP contribution in [0.25, 0.3) is 0 Å². The molecule has 5 heteroatoms. The fourth-order valence-corrected chi connectivity index (χ4v) is 0.959. The first kappa shape index (κ1) is 11.5. The van der Waals surface area contributed by atoms with Crippen molar-refractivity contribution in [3.8, 4) is 18.4 Å². The molecule has 16 heavy (non-hydrogen) atoms. The highest BCUT2D eigenvalue weighted by Gasteiger charge is 1.99. The highest BCUT2D eigenvalue weighted by Crippen LogP contribution is 2.04. The van der Waals surface area contributed by atoms with Crippen molar-refractivity contribution in [3.63, 3.8) is 0 Å². The fourth-order valence-electron chi connectivity index (χ4n) is 0.959. The Morgan fingerprint density at radius 3 is 2.94 bits per heavy atom. The lowest BCUT2D eigenvalue weighted by atomic mass is 10.3. The van der Waals surface area contributed by atoms with Gasteiger partial charge >= 0.3 is 0 Å². The molecule has 0 atom stereocenters. The first-order valence-electron chi connectivity index (χ1n) is 4.56. The predicted octanol–water partition coefficient (Wildman–Crippen LogP) is 0.115. The van der Waals surface area contributed by atoms with Gasteiger partial charge in [-0.2, -0.15) is 5.26 Å². The van der Waals surface area contributed by atoms with E-state index in [2.05, 4.69) is 21.5 Å². The summed E-state index contributed by atoms with van der Waals surface area (Å²) in [5.74, 6) is 2.11.